The lowest BCUT2D eigenvalue weighted by atomic mass is 9.98. The van der Waals surface area contributed by atoms with E-state index in [1.54, 1.807) is 42.2 Å². The fourth-order valence-corrected chi connectivity index (χ4v) is 4.85. The fraction of sp³-hybridized carbons (Fsp3) is 0.421. The minimum atomic E-state index is -3.43. The average molecular weight is 401 g/mol. The van der Waals surface area contributed by atoms with Gasteiger partial charge >= 0.3 is 0 Å². The molecule has 1 aliphatic heterocycles. The molecule has 1 saturated heterocycles. The molecule has 0 radical (unpaired) electrons. The molecule has 0 unspecified atom stereocenters. The van der Waals surface area contributed by atoms with Crippen LogP contribution in [0.15, 0.2) is 36.7 Å². The number of nitriles is 1. The molecule has 28 heavy (non-hydrogen) atoms. The van der Waals surface area contributed by atoms with Crippen LogP contribution >= 0.6 is 0 Å². The fourth-order valence-electron chi connectivity index (χ4n) is 3.30. The van der Waals surface area contributed by atoms with Gasteiger partial charge in [0.15, 0.2) is 0 Å². The van der Waals surface area contributed by atoms with E-state index in [9.17, 15) is 13.2 Å². The van der Waals surface area contributed by atoms with E-state index in [2.05, 4.69) is 10.4 Å². The molecule has 1 aromatic heterocycles. The molecule has 1 N–H and O–H groups in total. The smallest absolute Gasteiger partial charge is 0.254 e. The van der Waals surface area contributed by atoms with Crippen molar-refractivity contribution in [2.24, 2.45) is 13.0 Å². The second-order valence-electron chi connectivity index (χ2n) is 7.02. The summed E-state index contributed by atoms with van der Waals surface area (Å²) in [6.07, 6.45) is 4.58. The second-order valence-corrected chi connectivity index (χ2v) is 8.99. The van der Waals surface area contributed by atoms with Crippen molar-refractivity contribution < 1.29 is 13.2 Å². The van der Waals surface area contributed by atoms with Crippen LogP contribution in [-0.2, 0) is 22.8 Å². The summed E-state index contributed by atoms with van der Waals surface area (Å²) >= 11 is 0. The Balaban J connectivity index is 1.50. The highest BCUT2D eigenvalue weighted by atomic mass is 32.2. The number of rotatable bonds is 6. The Morgan fingerprint density at radius 1 is 1.36 bits per heavy atom. The zero-order valence-corrected chi connectivity index (χ0v) is 16.5. The van der Waals surface area contributed by atoms with Gasteiger partial charge < -0.3 is 5.32 Å². The van der Waals surface area contributed by atoms with E-state index in [0.29, 0.717) is 49.2 Å². The van der Waals surface area contributed by atoms with Crippen LogP contribution in [0.25, 0.3) is 0 Å². The molecule has 0 spiro atoms. The number of piperidine rings is 1. The molecule has 0 saturated carbocycles. The largest absolute Gasteiger partial charge is 0.352 e. The topological polar surface area (TPSA) is 108 Å². The molecule has 1 aromatic carbocycles. The lowest BCUT2D eigenvalue weighted by Gasteiger charge is -2.31. The van der Waals surface area contributed by atoms with Gasteiger partial charge in [-0.15, -0.1) is 0 Å². The van der Waals surface area contributed by atoms with Crippen LogP contribution in [0, 0.1) is 17.2 Å². The number of carbonyl (C=O) groups is 1. The van der Waals surface area contributed by atoms with Crippen molar-refractivity contribution in [1.29, 1.82) is 5.26 Å². The van der Waals surface area contributed by atoms with E-state index >= 15 is 0 Å². The van der Waals surface area contributed by atoms with Crippen LogP contribution in [0.3, 0.4) is 0 Å². The van der Waals surface area contributed by atoms with Crippen LogP contribution in [-0.4, -0.2) is 48.0 Å². The number of benzene rings is 1. The molecular formula is C19H23N5O3S. The number of aryl methyl sites for hydroxylation is 1. The van der Waals surface area contributed by atoms with Crippen LogP contribution in [0.2, 0.25) is 0 Å². The zero-order chi connectivity index (χ0) is 20.1. The number of carbonyl (C=O) groups excluding carboxylic acids is 1. The van der Waals surface area contributed by atoms with Gasteiger partial charge in [-0.25, -0.2) is 12.7 Å². The molecule has 2 aromatic rings. The van der Waals surface area contributed by atoms with E-state index in [-0.39, 0.29) is 17.6 Å². The highest BCUT2D eigenvalue weighted by Crippen LogP contribution is 2.21. The summed E-state index contributed by atoms with van der Waals surface area (Å²) in [6, 6.07) is 8.71. The molecule has 1 fully saturated rings. The third-order valence-electron chi connectivity index (χ3n) is 4.89. The minimum absolute atomic E-state index is 0.106. The molecule has 8 nitrogen and oxygen atoms in total. The molecule has 148 valence electrons. The summed E-state index contributed by atoms with van der Waals surface area (Å²) in [6.45, 7) is 1.40. The molecule has 1 amide bonds. The Kier molecular flexibility index (Phi) is 6.11. The first-order chi connectivity index (χ1) is 13.4. The SMILES string of the molecule is Cn1cc(C(=O)NCC2CCN(S(=O)(=O)Cc3cccc(C#N)c3)CC2)cn1. The molecule has 0 aliphatic carbocycles. The number of nitrogens with zero attached hydrogens (tertiary/aromatic N) is 4. The molecular weight excluding hydrogens is 378 g/mol. The van der Waals surface area contributed by atoms with E-state index in [0.717, 1.165) is 0 Å². The van der Waals surface area contributed by atoms with Crippen molar-refractivity contribution in [1.82, 2.24) is 19.4 Å². The molecule has 3 rings (SSSR count). The molecule has 2 heterocycles. The van der Waals surface area contributed by atoms with E-state index in [1.165, 1.54) is 10.5 Å². The molecule has 9 heteroatoms. The number of sulfonamides is 1. The first kappa shape index (κ1) is 20.0. The van der Waals surface area contributed by atoms with Crippen molar-refractivity contribution in [2.45, 2.75) is 18.6 Å². The van der Waals surface area contributed by atoms with Crippen molar-refractivity contribution >= 4 is 15.9 Å². The second kappa shape index (κ2) is 8.54. The Hall–Kier alpha value is -2.70. The van der Waals surface area contributed by atoms with E-state index < -0.39 is 10.0 Å². The Morgan fingerprint density at radius 2 is 2.11 bits per heavy atom. The number of hydrogen-bond acceptors (Lipinski definition) is 5. The maximum Gasteiger partial charge on any atom is 0.254 e. The summed E-state index contributed by atoms with van der Waals surface area (Å²) in [7, 11) is -1.68. The lowest BCUT2D eigenvalue weighted by molar-refractivity contribution is 0.0941. The first-order valence-corrected chi connectivity index (χ1v) is 10.7. The number of amides is 1. The third kappa shape index (κ3) is 4.97. The zero-order valence-electron chi connectivity index (χ0n) is 15.7. The van der Waals surface area contributed by atoms with Crippen LogP contribution in [0.1, 0.15) is 34.3 Å². The Labute approximate surface area is 164 Å². The van der Waals surface area contributed by atoms with Crippen LogP contribution in [0.4, 0.5) is 0 Å². The highest BCUT2D eigenvalue weighted by Gasteiger charge is 2.28. The Bertz CT molecular complexity index is 985. The summed E-state index contributed by atoms with van der Waals surface area (Å²) in [4.78, 5) is 12.1. The maximum absolute atomic E-state index is 12.7. The van der Waals surface area contributed by atoms with Crippen LogP contribution < -0.4 is 5.32 Å². The van der Waals surface area contributed by atoms with Gasteiger partial charge in [-0.3, -0.25) is 9.48 Å². The average Bonchev–Trinajstić information content (AvgIpc) is 3.12. The number of hydrogen-bond donors (Lipinski definition) is 1. The van der Waals surface area contributed by atoms with Gasteiger partial charge in [0, 0.05) is 32.9 Å². The standard InChI is InChI=1S/C19H23N5O3S/c1-23-13-18(12-22-23)19(25)21-11-15-5-7-24(8-6-15)28(26,27)14-17-4-2-3-16(9-17)10-20/h2-4,9,12-13,15H,5-8,11,14H2,1H3,(H,21,25). The lowest BCUT2D eigenvalue weighted by Crippen LogP contribution is -2.42. The summed E-state index contributed by atoms with van der Waals surface area (Å²) in [5.41, 5.74) is 1.59. The van der Waals surface area contributed by atoms with Crippen LogP contribution in [0.5, 0.6) is 0 Å². The number of nitrogens with one attached hydrogen (secondary N) is 1. The van der Waals surface area contributed by atoms with Gasteiger partial charge in [-0.2, -0.15) is 10.4 Å². The van der Waals surface area contributed by atoms with E-state index in [1.807, 2.05) is 6.07 Å². The predicted molar refractivity (Wildman–Crippen MR) is 104 cm³/mol. The van der Waals surface area contributed by atoms with Crippen molar-refractivity contribution in [3.8, 4) is 6.07 Å². The summed E-state index contributed by atoms with van der Waals surface area (Å²) in [5.74, 6) is -0.0280. The molecule has 0 bridgehead atoms. The minimum Gasteiger partial charge on any atom is -0.352 e. The van der Waals surface area contributed by atoms with Gasteiger partial charge in [0.1, 0.15) is 0 Å². The quantitative estimate of drug-likeness (QED) is 0.784. The number of aromatic nitrogens is 2. The summed E-state index contributed by atoms with van der Waals surface area (Å²) < 4.78 is 28.4. The van der Waals surface area contributed by atoms with Crippen molar-refractivity contribution in [3.05, 3.63) is 53.3 Å². The highest BCUT2D eigenvalue weighted by molar-refractivity contribution is 7.88. The first-order valence-electron chi connectivity index (χ1n) is 9.11. The van der Waals surface area contributed by atoms with Crippen molar-refractivity contribution in [3.63, 3.8) is 0 Å². The van der Waals surface area contributed by atoms with Gasteiger partial charge in [-0.1, -0.05) is 12.1 Å². The normalized spacial score (nSPS) is 15.9. The van der Waals surface area contributed by atoms with E-state index in [4.69, 9.17) is 5.26 Å². The monoisotopic (exact) mass is 401 g/mol. The third-order valence-corrected chi connectivity index (χ3v) is 6.74. The Morgan fingerprint density at radius 3 is 2.75 bits per heavy atom. The molecule has 1 aliphatic rings. The van der Waals surface area contributed by atoms with Crippen molar-refractivity contribution in [2.75, 3.05) is 19.6 Å². The van der Waals surface area contributed by atoms with Gasteiger partial charge in [-0.05, 0) is 36.5 Å². The van der Waals surface area contributed by atoms with Gasteiger partial charge in [0.05, 0.1) is 29.1 Å². The predicted octanol–water partition coefficient (Wildman–Crippen LogP) is 1.26. The molecule has 0 atom stereocenters. The van der Waals surface area contributed by atoms with Gasteiger partial charge in [0.2, 0.25) is 10.0 Å². The van der Waals surface area contributed by atoms with Gasteiger partial charge in [0.25, 0.3) is 5.91 Å². The summed E-state index contributed by atoms with van der Waals surface area (Å²) in [5, 5.41) is 15.8. The maximum atomic E-state index is 12.7.